The van der Waals surface area contributed by atoms with Crippen LogP contribution in [0, 0.1) is 21.4 Å². The number of rotatable bonds is 5. The Morgan fingerprint density at radius 3 is 2.63 bits per heavy atom. The maximum Gasteiger partial charge on any atom is 0.270 e. The molecule has 0 bridgehead atoms. The van der Waals surface area contributed by atoms with Gasteiger partial charge >= 0.3 is 0 Å². The number of carbonyl (C=O) groups excluding carboxylic acids is 1. The van der Waals surface area contributed by atoms with E-state index in [9.17, 15) is 20.2 Å². The topological polar surface area (TPSA) is 93.2 Å². The summed E-state index contributed by atoms with van der Waals surface area (Å²) in [6.07, 6.45) is 1.46. The molecule has 0 aliphatic carbocycles. The molecule has 0 saturated heterocycles. The molecule has 0 atom stereocenters. The molecule has 3 rings (SSSR count). The SMILES string of the molecule is COc1ccc2ccccc2c1/C=C(\C#N)C(=O)c1cccc([N+](=O)[O-])c1. The van der Waals surface area contributed by atoms with Gasteiger partial charge in [-0.05, 0) is 22.9 Å². The molecule has 0 aliphatic rings. The number of nitrogens with zero attached hydrogens (tertiary/aromatic N) is 2. The average Bonchev–Trinajstić information content (AvgIpc) is 2.71. The average molecular weight is 358 g/mol. The number of nitriles is 1. The second-order valence-corrected chi connectivity index (χ2v) is 5.71. The number of nitro benzene ring substituents is 1. The summed E-state index contributed by atoms with van der Waals surface area (Å²) in [6.45, 7) is 0. The standard InChI is InChI=1S/C21H14N2O4/c1-27-20-10-9-14-5-2-3-8-18(14)19(20)12-16(13-22)21(24)15-6-4-7-17(11-15)23(25)26/h2-12H,1H3/b16-12+. The van der Waals surface area contributed by atoms with Crippen molar-refractivity contribution in [2.45, 2.75) is 0 Å². The molecule has 0 amide bonds. The summed E-state index contributed by atoms with van der Waals surface area (Å²) in [4.78, 5) is 23.1. The van der Waals surface area contributed by atoms with Crippen molar-refractivity contribution in [2.75, 3.05) is 7.11 Å². The lowest BCUT2D eigenvalue weighted by Gasteiger charge is -2.09. The largest absolute Gasteiger partial charge is 0.496 e. The van der Waals surface area contributed by atoms with Gasteiger partial charge in [0.05, 0.1) is 12.0 Å². The summed E-state index contributed by atoms with van der Waals surface area (Å²) >= 11 is 0. The van der Waals surface area contributed by atoms with E-state index in [0.29, 0.717) is 11.3 Å². The van der Waals surface area contributed by atoms with E-state index in [1.54, 1.807) is 6.07 Å². The van der Waals surface area contributed by atoms with Gasteiger partial charge in [-0.3, -0.25) is 14.9 Å². The monoisotopic (exact) mass is 358 g/mol. The molecule has 0 aromatic heterocycles. The fourth-order valence-corrected chi connectivity index (χ4v) is 2.81. The number of hydrogen-bond acceptors (Lipinski definition) is 5. The Kier molecular flexibility index (Phi) is 4.95. The van der Waals surface area contributed by atoms with Crippen LogP contribution in [0.3, 0.4) is 0 Å². The summed E-state index contributed by atoms with van der Waals surface area (Å²) in [6, 6.07) is 18.4. The number of methoxy groups -OCH3 is 1. The van der Waals surface area contributed by atoms with E-state index in [0.717, 1.165) is 16.8 Å². The van der Waals surface area contributed by atoms with Crippen LogP contribution in [0.5, 0.6) is 5.75 Å². The zero-order chi connectivity index (χ0) is 19.4. The number of benzene rings is 3. The van der Waals surface area contributed by atoms with Crippen LogP contribution in [-0.4, -0.2) is 17.8 Å². The van der Waals surface area contributed by atoms with Crippen molar-refractivity contribution in [2.24, 2.45) is 0 Å². The van der Waals surface area contributed by atoms with E-state index in [1.807, 2.05) is 36.4 Å². The number of ketones is 1. The van der Waals surface area contributed by atoms with Crippen LogP contribution < -0.4 is 4.74 Å². The lowest BCUT2D eigenvalue weighted by atomic mass is 9.98. The van der Waals surface area contributed by atoms with Crippen molar-refractivity contribution in [1.82, 2.24) is 0 Å². The highest BCUT2D eigenvalue weighted by atomic mass is 16.6. The molecule has 0 unspecified atom stereocenters. The van der Waals surface area contributed by atoms with Gasteiger partial charge < -0.3 is 4.74 Å². The van der Waals surface area contributed by atoms with Gasteiger partial charge in [-0.1, -0.05) is 42.5 Å². The molecule has 0 radical (unpaired) electrons. The minimum absolute atomic E-state index is 0.0798. The molecule has 0 heterocycles. The first-order chi connectivity index (χ1) is 13.0. The Balaban J connectivity index is 2.14. The smallest absolute Gasteiger partial charge is 0.270 e. The zero-order valence-electron chi connectivity index (χ0n) is 14.4. The first kappa shape index (κ1) is 17.8. The first-order valence-electron chi connectivity index (χ1n) is 8.02. The maximum atomic E-state index is 12.7. The van der Waals surface area contributed by atoms with E-state index in [-0.39, 0.29) is 16.8 Å². The molecule has 6 nitrogen and oxygen atoms in total. The van der Waals surface area contributed by atoms with Crippen molar-refractivity contribution < 1.29 is 14.5 Å². The zero-order valence-corrected chi connectivity index (χ0v) is 14.4. The fourth-order valence-electron chi connectivity index (χ4n) is 2.81. The van der Waals surface area contributed by atoms with Crippen LogP contribution >= 0.6 is 0 Å². The third-order valence-electron chi connectivity index (χ3n) is 4.12. The minimum atomic E-state index is -0.587. The highest BCUT2D eigenvalue weighted by Gasteiger charge is 2.17. The number of Topliss-reactive ketones (excluding diaryl/α,β-unsaturated/α-hetero) is 1. The van der Waals surface area contributed by atoms with Gasteiger partial charge in [0.1, 0.15) is 17.4 Å². The normalized spacial score (nSPS) is 11.0. The Hall–Kier alpha value is -3.98. The third-order valence-corrected chi connectivity index (χ3v) is 4.12. The molecule has 0 fully saturated rings. The quantitative estimate of drug-likeness (QED) is 0.219. The Labute approximate surface area is 155 Å². The fraction of sp³-hybridized carbons (Fsp3) is 0.0476. The number of fused-ring (bicyclic) bond motifs is 1. The number of non-ortho nitro benzene ring substituents is 1. The van der Waals surface area contributed by atoms with Gasteiger partial charge in [0.15, 0.2) is 0 Å². The highest BCUT2D eigenvalue weighted by molar-refractivity contribution is 6.15. The lowest BCUT2D eigenvalue weighted by Crippen LogP contribution is -2.03. The number of hydrogen-bond donors (Lipinski definition) is 0. The maximum absolute atomic E-state index is 12.7. The van der Waals surface area contributed by atoms with Crippen molar-refractivity contribution >= 4 is 28.3 Å². The van der Waals surface area contributed by atoms with E-state index in [4.69, 9.17) is 4.74 Å². The summed E-state index contributed by atoms with van der Waals surface area (Å²) in [5.41, 5.74) is 0.341. The van der Waals surface area contributed by atoms with Gasteiger partial charge in [0.25, 0.3) is 5.69 Å². The summed E-state index contributed by atoms with van der Waals surface area (Å²) in [5, 5.41) is 22.2. The third kappa shape index (κ3) is 3.53. The second kappa shape index (κ2) is 7.50. The first-order valence-corrected chi connectivity index (χ1v) is 8.02. The molecule has 6 heteroatoms. The molecule has 132 valence electrons. The van der Waals surface area contributed by atoms with Gasteiger partial charge in [0.2, 0.25) is 5.78 Å². The van der Waals surface area contributed by atoms with Crippen LogP contribution in [0.2, 0.25) is 0 Å². The van der Waals surface area contributed by atoms with Gasteiger partial charge in [0, 0.05) is 23.3 Å². The molecule has 0 N–H and O–H groups in total. The van der Waals surface area contributed by atoms with Crippen molar-refractivity contribution in [3.63, 3.8) is 0 Å². The van der Waals surface area contributed by atoms with E-state index >= 15 is 0 Å². The van der Waals surface area contributed by atoms with Crippen LogP contribution in [0.1, 0.15) is 15.9 Å². The van der Waals surface area contributed by atoms with Crippen LogP contribution in [0.15, 0.2) is 66.2 Å². The van der Waals surface area contributed by atoms with Gasteiger partial charge in [-0.15, -0.1) is 0 Å². The number of nitro groups is 1. The van der Waals surface area contributed by atoms with Crippen LogP contribution in [0.4, 0.5) is 5.69 Å². The molecule has 0 saturated carbocycles. The molecule has 3 aromatic carbocycles. The predicted molar refractivity (Wildman–Crippen MR) is 102 cm³/mol. The van der Waals surface area contributed by atoms with E-state index < -0.39 is 10.7 Å². The van der Waals surface area contributed by atoms with Crippen LogP contribution in [-0.2, 0) is 0 Å². The van der Waals surface area contributed by atoms with E-state index in [2.05, 4.69) is 0 Å². The lowest BCUT2D eigenvalue weighted by molar-refractivity contribution is -0.384. The summed E-state index contributed by atoms with van der Waals surface area (Å²) < 4.78 is 5.38. The van der Waals surface area contributed by atoms with Gasteiger partial charge in [-0.25, -0.2) is 0 Å². The predicted octanol–water partition coefficient (Wildman–Crippen LogP) is 4.55. The Bertz CT molecular complexity index is 1130. The number of allylic oxidation sites excluding steroid dienone is 1. The summed E-state index contributed by atoms with van der Waals surface area (Å²) in [5.74, 6) is -0.0653. The Morgan fingerprint density at radius 1 is 1.15 bits per heavy atom. The molecule has 3 aromatic rings. The van der Waals surface area contributed by atoms with Crippen LogP contribution in [0.25, 0.3) is 16.8 Å². The van der Waals surface area contributed by atoms with Crippen molar-refractivity contribution in [3.8, 4) is 11.8 Å². The minimum Gasteiger partial charge on any atom is -0.496 e. The number of ether oxygens (including phenoxy) is 1. The Morgan fingerprint density at radius 2 is 1.93 bits per heavy atom. The van der Waals surface area contributed by atoms with Crippen molar-refractivity contribution in [3.05, 3.63) is 87.5 Å². The number of carbonyl (C=O) groups is 1. The van der Waals surface area contributed by atoms with Crippen molar-refractivity contribution in [1.29, 1.82) is 5.26 Å². The summed E-state index contributed by atoms with van der Waals surface area (Å²) in [7, 11) is 1.51. The van der Waals surface area contributed by atoms with E-state index in [1.165, 1.54) is 31.4 Å². The molecule has 0 aliphatic heterocycles. The highest BCUT2D eigenvalue weighted by Crippen LogP contribution is 2.30. The molecule has 27 heavy (non-hydrogen) atoms. The molecular weight excluding hydrogens is 344 g/mol. The van der Waals surface area contributed by atoms with Gasteiger partial charge in [-0.2, -0.15) is 5.26 Å². The molecular formula is C21H14N2O4. The second-order valence-electron chi connectivity index (χ2n) is 5.71. The molecule has 0 spiro atoms.